The van der Waals surface area contributed by atoms with Crippen molar-refractivity contribution in [2.24, 2.45) is 0 Å². The Hall–Kier alpha value is -3.42. The first-order valence-corrected chi connectivity index (χ1v) is 12.0. The number of fused-ring (bicyclic) bond motifs is 1. The summed E-state index contributed by atoms with van der Waals surface area (Å²) in [6.07, 6.45) is 4.20. The maximum Gasteiger partial charge on any atom is 0.254 e. The van der Waals surface area contributed by atoms with Crippen LogP contribution in [0.15, 0.2) is 30.3 Å². The van der Waals surface area contributed by atoms with Crippen molar-refractivity contribution in [1.82, 2.24) is 9.80 Å². The van der Waals surface area contributed by atoms with Crippen LogP contribution in [0, 0.1) is 0 Å². The second kappa shape index (κ2) is 10.5. The first kappa shape index (κ1) is 24.7. The molecule has 0 spiro atoms. The molecule has 0 radical (unpaired) electrons. The van der Waals surface area contributed by atoms with Gasteiger partial charge in [-0.2, -0.15) is 0 Å². The minimum atomic E-state index is -0.608. The normalized spacial score (nSPS) is 20.1. The van der Waals surface area contributed by atoms with E-state index in [0.29, 0.717) is 47.2 Å². The number of methoxy groups -OCH3 is 4. The third-order valence-electron chi connectivity index (χ3n) is 7.11. The van der Waals surface area contributed by atoms with Crippen molar-refractivity contribution in [3.05, 3.63) is 47.0 Å². The van der Waals surface area contributed by atoms with Crippen LogP contribution in [0.4, 0.5) is 0 Å². The van der Waals surface area contributed by atoms with Crippen molar-refractivity contribution in [3.63, 3.8) is 0 Å². The molecular weight excluding hydrogens is 448 g/mol. The van der Waals surface area contributed by atoms with Crippen LogP contribution in [0.25, 0.3) is 0 Å². The van der Waals surface area contributed by atoms with Gasteiger partial charge in [-0.15, -0.1) is 0 Å². The topological polar surface area (TPSA) is 77.5 Å². The van der Waals surface area contributed by atoms with E-state index >= 15 is 0 Å². The Morgan fingerprint density at radius 2 is 1.37 bits per heavy atom. The van der Waals surface area contributed by atoms with Crippen molar-refractivity contribution in [2.75, 3.05) is 48.6 Å². The molecule has 1 saturated heterocycles. The van der Waals surface area contributed by atoms with Gasteiger partial charge < -0.3 is 28.7 Å². The molecule has 2 amide bonds. The largest absolute Gasteiger partial charge is 0.493 e. The van der Waals surface area contributed by atoms with Crippen LogP contribution in [0.1, 0.15) is 59.1 Å². The molecule has 2 aromatic rings. The maximum atomic E-state index is 14.2. The van der Waals surface area contributed by atoms with Gasteiger partial charge in [0.15, 0.2) is 23.0 Å². The van der Waals surface area contributed by atoms with Crippen molar-refractivity contribution >= 4 is 11.8 Å². The Balaban J connectivity index is 1.90. The zero-order valence-electron chi connectivity index (χ0n) is 21.1. The van der Waals surface area contributed by atoms with Crippen LogP contribution in [-0.2, 0) is 4.79 Å². The number of ether oxygens (including phenoxy) is 4. The number of likely N-dealkylation sites (N-methyl/N-ethyl adjacent to an activating group) is 1. The Morgan fingerprint density at radius 3 is 1.97 bits per heavy atom. The summed E-state index contributed by atoms with van der Waals surface area (Å²) in [5.41, 5.74) is 1.90. The highest BCUT2D eigenvalue weighted by Gasteiger charge is 2.45. The average Bonchev–Trinajstić information content (AvgIpc) is 3.18. The zero-order valence-corrected chi connectivity index (χ0v) is 21.1. The van der Waals surface area contributed by atoms with E-state index in [4.69, 9.17) is 18.9 Å². The first-order valence-electron chi connectivity index (χ1n) is 12.0. The van der Waals surface area contributed by atoms with E-state index in [0.717, 1.165) is 31.2 Å². The molecule has 0 aromatic heterocycles. The summed E-state index contributed by atoms with van der Waals surface area (Å²) in [6, 6.07) is 8.49. The van der Waals surface area contributed by atoms with Crippen LogP contribution in [0.2, 0.25) is 0 Å². The third kappa shape index (κ3) is 4.49. The lowest BCUT2D eigenvalue weighted by Gasteiger charge is -2.42. The monoisotopic (exact) mass is 482 g/mol. The Bertz CT molecular complexity index is 1090. The standard InChI is InChI=1S/C27H34N2O6/c1-28-25(17-10-11-20(32-2)21(14-17)33-3)24(27(31)29-12-8-6-7-9-13-29)18-15-22(34-4)23(35-5)16-19(18)26(28)30/h10-11,14-16,24-25H,6-9,12-13H2,1-5H3/t24-,25-/m0/s1. The highest BCUT2D eigenvalue weighted by atomic mass is 16.5. The van der Waals surface area contributed by atoms with Crippen LogP contribution in [0.5, 0.6) is 23.0 Å². The quantitative estimate of drug-likeness (QED) is 0.619. The number of nitrogens with zero attached hydrogens (tertiary/aromatic N) is 2. The van der Waals surface area contributed by atoms with E-state index in [2.05, 4.69) is 0 Å². The summed E-state index contributed by atoms with van der Waals surface area (Å²) in [4.78, 5) is 31.4. The zero-order chi connectivity index (χ0) is 25.1. The molecule has 8 nitrogen and oxygen atoms in total. The van der Waals surface area contributed by atoms with E-state index < -0.39 is 12.0 Å². The molecule has 0 saturated carbocycles. The van der Waals surface area contributed by atoms with Gasteiger partial charge in [0.05, 0.1) is 40.4 Å². The van der Waals surface area contributed by atoms with Gasteiger partial charge in [0.1, 0.15) is 0 Å². The number of likely N-dealkylation sites (tertiary alicyclic amines) is 1. The van der Waals surface area contributed by atoms with Gasteiger partial charge in [-0.25, -0.2) is 0 Å². The lowest BCUT2D eigenvalue weighted by molar-refractivity contribution is -0.134. The van der Waals surface area contributed by atoms with E-state index in [1.807, 2.05) is 23.1 Å². The average molecular weight is 483 g/mol. The third-order valence-corrected chi connectivity index (χ3v) is 7.11. The van der Waals surface area contributed by atoms with Gasteiger partial charge in [-0.05, 0) is 48.2 Å². The molecule has 2 aromatic carbocycles. The highest BCUT2D eigenvalue weighted by molar-refractivity contribution is 6.02. The number of rotatable bonds is 6. The summed E-state index contributed by atoms with van der Waals surface area (Å²) in [7, 11) is 7.98. The van der Waals surface area contributed by atoms with Gasteiger partial charge in [0, 0.05) is 25.7 Å². The SMILES string of the molecule is COc1ccc([C@H]2[C@@H](C(=O)N3CCCCCC3)c3cc(OC)c(OC)cc3C(=O)N2C)cc1OC. The second-order valence-corrected chi connectivity index (χ2v) is 8.99. The van der Waals surface area contributed by atoms with Gasteiger partial charge in [0.2, 0.25) is 5.91 Å². The molecule has 2 aliphatic heterocycles. The summed E-state index contributed by atoms with van der Waals surface area (Å²) >= 11 is 0. The lowest BCUT2D eigenvalue weighted by atomic mass is 9.78. The number of carbonyl (C=O) groups is 2. The summed E-state index contributed by atoms with van der Waals surface area (Å²) in [6.45, 7) is 1.43. The van der Waals surface area contributed by atoms with Crippen molar-refractivity contribution in [3.8, 4) is 23.0 Å². The number of amides is 2. The number of carbonyl (C=O) groups excluding carboxylic acids is 2. The molecule has 0 aliphatic carbocycles. The van der Waals surface area contributed by atoms with Gasteiger partial charge in [-0.1, -0.05) is 18.9 Å². The Kier molecular flexibility index (Phi) is 7.38. The molecule has 188 valence electrons. The molecule has 1 fully saturated rings. The smallest absolute Gasteiger partial charge is 0.254 e. The predicted molar refractivity (Wildman–Crippen MR) is 132 cm³/mol. The van der Waals surface area contributed by atoms with Crippen molar-refractivity contribution < 1.29 is 28.5 Å². The van der Waals surface area contributed by atoms with E-state index in [1.165, 1.54) is 7.11 Å². The van der Waals surface area contributed by atoms with Crippen molar-refractivity contribution in [1.29, 1.82) is 0 Å². The van der Waals surface area contributed by atoms with E-state index in [9.17, 15) is 9.59 Å². The van der Waals surface area contributed by atoms with Gasteiger partial charge in [0.25, 0.3) is 5.91 Å². The van der Waals surface area contributed by atoms with Gasteiger partial charge in [-0.3, -0.25) is 9.59 Å². The molecule has 2 atom stereocenters. The number of benzene rings is 2. The van der Waals surface area contributed by atoms with Crippen LogP contribution < -0.4 is 18.9 Å². The molecule has 0 unspecified atom stereocenters. The fourth-order valence-electron chi connectivity index (χ4n) is 5.26. The second-order valence-electron chi connectivity index (χ2n) is 8.99. The summed E-state index contributed by atoms with van der Waals surface area (Å²) in [5, 5.41) is 0. The molecular formula is C27H34N2O6. The maximum absolute atomic E-state index is 14.2. The lowest BCUT2D eigenvalue weighted by Crippen LogP contribution is -2.47. The van der Waals surface area contributed by atoms with Crippen LogP contribution in [0.3, 0.4) is 0 Å². The molecule has 35 heavy (non-hydrogen) atoms. The Morgan fingerprint density at radius 1 is 0.800 bits per heavy atom. The van der Waals surface area contributed by atoms with E-state index in [-0.39, 0.29) is 11.8 Å². The molecule has 0 bridgehead atoms. The summed E-state index contributed by atoms with van der Waals surface area (Å²) < 4.78 is 22.0. The highest BCUT2D eigenvalue weighted by Crippen LogP contribution is 2.47. The van der Waals surface area contributed by atoms with Crippen LogP contribution >= 0.6 is 0 Å². The fraction of sp³-hybridized carbons (Fsp3) is 0.481. The summed E-state index contributed by atoms with van der Waals surface area (Å²) in [5.74, 6) is 1.30. The number of hydrogen-bond acceptors (Lipinski definition) is 6. The molecule has 4 rings (SSSR count). The van der Waals surface area contributed by atoms with Crippen molar-refractivity contribution in [2.45, 2.75) is 37.6 Å². The number of hydrogen-bond donors (Lipinski definition) is 0. The minimum Gasteiger partial charge on any atom is -0.493 e. The van der Waals surface area contributed by atoms with E-state index in [1.54, 1.807) is 45.4 Å². The minimum absolute atomic E-state index is 0.0134. The molecule has 8 heteroatoms. The van der Waals surface area contributed by atoms with Gasteiger partial charge >= 0.3 is 0 Å². The predicted octanol–water partition coefficient (Wildman–Crippen LogP) is 4.03. The molecule has 0 N–H and O–H groups in total. The molecule has 2 heterocycles. The first-order chi connectivity index (χ1) is 16.9. The van der Waals surface area contributed by atoms with Crippen LogP contribution in [-0.4, -0.2) is 70.2 Å². The Labute approximate surface area is 206 Å². The fourth-order valence-corrected chi connectivity index (χ4v) is 5.26. The molecule has 2 aliphatic rings.